The average molecular weight is 204 g/mol. The number of carboxylic acid groups (broad SMARTS) is 2. The number of likely N-dealkylation sites (N-methyl/N-ethyl adjacent to an activating group) is 1. The molecule has 0 aromatic rings. The first-order valence-corrected chi connectivity index (χ1v) is 4.44. The largest absolute Gasteiger partial charge is 0.480 e. The summed E-state index contributed by atoms with van der Waals surface area (Å²) >= 11 is 0. The zero-order valence-corrected chi connectivity index (χ0v) is 8.12. The van der Waals surface area contributed by atoms with Gasteiger partial charge in [-0.05, 0) is 26.3 Å². The van der Waals surface area contributed by atoms with Crippen molar-refractivity contribution in [3.8, 4) is 0 Å². The fraction of sp³-hybridized carbons (Fsp3) is 0.750. The zero-order chi connectivity index (χ0) is 11.0. The maximum absolute atomic E-state index is 10.5. The van der Waals surface area contributed by atoms with Crippen LogP contribution in [0.15, 0.2) is 0 Å². The third-order valence-corrected chi connectivity index (χ3v) is 1.84. The minimum Gasteiger partial charge on any atom is -0.480 e. The van der Waals surface area contributed by atoms with Gasteiger partial charge in [0.15, 0.2) is 0 Å². The van der Waals surface area contributed by atoms with Crippen LogP contribution >= 0.6 is 0 Å². The first-order chi connectivity index (χ1) is 6.57. The molecule has 1 atom stereocenters. The van der Waals surface area contributed by atoms with E-state index in [-0.39, 0.29) is 0 Å². The fourth-order valence-electron chi connectivity index (χ4n) is 1.06. The van der Waals surface area contributed by atoms with Crippen LogP contribution in [0.2, 0.25) is 0 Å². The van der Waals surface area contributed by atoms with Gasteiger partial charge in [-0.1, -0.05) is 0 Å². The molecule has 0 unspecified atom stereocenters. The molecule has 0 aromatic carbocycles. The van der Waals surface area contributed by atoms with Gasteiger partial charge >= 0.3 is 12.1 Å². The minimum atomic E-state index is -1.05. The monoisotopic (exact) mass is 204 g/mol. The van der Waals surface area contributed by atoms with Crippen molar-refractivity contribution in [1.29, 1.82) is 0 Å². The number of carboxylic acids is 1. The third kappa shape index (κ3) is 6.24. The molecular formula is C8H16N2O4. The summed E-state index contributed by atoms with van der Waals surface area (Å²) in [6.07, 6.45) is 0.789. The quantitative estimate of drug-likeness (QED) is 0.441. The molecule has 0 bridgehead atoms. The number of aliphatic carboxylic acids is 1. The highest BCUT2D eigenvalue weighted by atomic mass is 16.4. The first kappa shape index (κ1) is 12.7. The Morgan fingerprint density at radius 3 is 2.36 bits per heavy atom. The molecule has 1 amide bonds. The van der Waals surface area contributed by atoms with Gasteiger partial charge in [0, 0.05) is 6.54 Å². The highest BCUT2D eigenvalue weighted by Gasteiger charge is 2.13. The summed E-state index contributed by atoms with van der Waals surface area (Å²) < 4.78 is 0. The van der Waals surface area contributed by atoms with E-state index in [0.717, 1.165) is 0 Å². The van der Waals surface area contributed by atoms with Crippen LogP contribution in [0, 0.1) is 0 Å². The van der Waals surface area contributed by atoms with Gasteiger partial charge in [-0.25, -0.2) is 4.79 Å². The Kier molecular flexibility index (Phi) is 6.47. The normalized spacial score (nSPS) is 12.1. The summed E-state index contributed by atoms with van der Waals surface area (Å²) in [5.41, 5.74) is 0. The molecule has 0 aliphatic carbocycles. The summed E-state index contributed by atoms with van der Waals surface area (Å²) in [4.78, 5) is 20.6. The lowest BCUT2D eigenvalue weighted by molar-refractivity contribution is -0.139. The van der Waals surface area contributed by atoms with Gasteiger partial charge < -0.3 is 20.8 Å². The lowest BCUT2D eigenvalue weighted by atomic mass is 10.1. The van der Waals surface area contributed by atoms with Gasteiger partial charge in [-0.15, -0.1) is 0 Å². The lowest BCUT2D eigenvalue weighted by Crippen LogP contribution is -2.33. The van der Waals surface area contributed by atoms with Crippen molar-refractivity contribution in [2.45, 2.75) is 25.3 Å². The number of rotatable bonds is 7. The Bertz CT molecular complexity index is 196. The van der Waals surface area contributed by atoms with Crippen LogP contribution in [0.25, 0.3) is 0 Å². The van der Waals surface area contributed by atoms with Crippen molar-refractivity contribution in [2.75, 3.05) is 13.6 Å². The van der Waals surface area contributed by atoms with Crippen molar-refractivity contribution in [3.05, 3.63) is 0 Å². The van der Waals surface area contributed by atoms with Crippen LogP contribution in [-0.4, -0.2) is 41.9 Å². The van der Waals surface area contributed by atoms with E-state index in [4.69, 9.17) is 10.2 Å². The van der Waals surface area contributed by atoms with E-state index in [2.05, 4.69) is 10.6 Å². The number of hydrogen-bond acceptors (Lipinski definition) is 3. The van der Waals surface area contributed by atoms with Gasteiger partial charge in [-0.3, -0.25) is 4.79 Å². The van der Waals surface area contributed by atoms with E-state index < -0.39 is 18.1 Å². The molecule has 4 N–H and O–H groups in total. The molecule has 0 saturated carbocycles. The van der Waals surface area contributed by atoms with Gasteiger partial charge in [0.1, 0.15) is 6.04 Å². The Labute approximate surface area is 82.3 Å². The number of nitrogens with one attached hydrogen (secondary N) is 2. The molecular weight excluding hydrogens is 188 g/mol. The standard InChI is InChI=1S/C8H16N2O4/c1-9-6(7(11)12)4-2-3-5-10-8(13)14/h6,9-10H,2-5H2,1H3,(H,11,12)(H,13,14)/t6-/m0/s1. The zero-order valence-electron chi connectivity index (χ0n) is 8.12. The van der Waals surface area contributed by atoms with Crippen LogP contribution < -0.4 is 10.6 Å². The second kappa shape index (κ2) is 7.14. The molecule has 0 rings (SSSR count). The van der Waals surface area contributed by atoms with E-state index in [1.54, 1.807) is 7.05 Å². The topological polar surface area (TPSA) is 98.7 Å². The highest BCUT2D eigenvalue weighted by Crippen LogP contribution is 2.00. The Hall–Kier alpha value is -1.30. The van der Waals surface area contributed by atoms with Crippen LogP contribution in [0.1, 0.15) is 19.3 Å². The van der Waals surface area contributed by atoms with Crippen molar-refractivity contribution in [2.24, 2.45) is 0 Å². The Morgan fingerprint density at radius 1 is 1.29 bits per heavy atom. The summed E-state index contributed by atoms with van der Waals surface area (Å²) in [7, 11) is 1.59. The van der Waals surface area contributed by atoms with E-state index in [9.17, 15) is 9.59 Å². The minimum absolute atomic E-state index is 0.366. The number of carbonyl (C=O) groups is 2. The van der Waals surface area contributed by atoms with Gasteiger partial charge in [0.2, 0.25) is 0 Å². The Balaban J connectivity index is 3.42. The number of hydrogen-bond donors (Lipinski definition) is 4. The SMILES string of the molecule is CN[C@@H](CCCCNC(=O)O)C(=O)O. The summed E-state index contributed by atoms with van der Waals surface area (Å²) in [6, 6.07) is -0.542. The molecule has 6 nitrogen and oxygen atoms in total. The first-order valence-electron chi connectivity index (χ1n) is 4.44. The van der Waals surface area contributed by atoms with Crippen LogP contribution in [-0.2, 0) is 4.79 Å². The smallest absolute Gasteiger partial charge is 0.404 e. The molecule has 0 aliphatic heterocycles. The number of unbranched alkanes of at least 4 members (excludes halogenated alkanes) is 1. The average Bonchev–Trinajstić information content (AvgIpc) is 2.10. The van der Waals surface area contributed by atoms with E-state index in [1.165, 1.54) is 0 Å². The van der Waals surface area contributed by atoms with E-state index in [0.29, 0.717) is 25.8 Å². The van der Waals surface area contributed by atoms with Crippen LogP contribution in [0.5, 0.6) is 0 Å². The molecule has 6 heteroatoms. The third-order valence-electron chi connectivity index (χ3n) is 1.84. The maximum Gasteiger partial charge on any atom is 0.404 e. The van der Waals surface area contributed by atoms with Crippen LogP contribution in [0.3, 0.4) is 0 Å². The maximum atomic E-state index is 10.5. The van der Waals surface area contributed by atoms with Gasteiger partial charge in [0.25, 0.3) is 0 Å². The summed E-state index contributed by atoms with van der Waals surface area (Å²) in [5, 5.41) is 21.8. The van der Waals surface area contributed by atoms with Crippen molar-refractivity contribution in [1.82, 2.24) is 10.6 Å². The molecule has 0 heterocycles. The Morgan fingerprint density at radius 2 is 1.93 bits per heavy atom. The summed E-state index contributed by atoms with van der Waals surface area (Å²) in [6.45, 7) is 0.366. The van der Waals surface area contributed by atoms with E-state index in [1.807, 2.05) is 0 Å². The fourth-order valence-corrected chi connectivity index (χ4v) is 1.06. The molecule has 0 radical (unpaired) electrons. The van der Waals surface area contributed by atoms with E-state index >= 15 is 0 Å². The predicted octanol–water partition coefficient (Wildman–Crippen LogP) is 0.0969. The lowest BCUT2D eigenvalue weighted by Gasteiger charge is -2.10. The molecule has 0 spiro atoms. The second-order valence-corrected chi connectivity index (χ2v) is 2.91. The number of amides is 1. The molecule has 14 heavy (non-hydrogen) atoms. The molecule has 0 aromatic heterocycles. The van der Waals surface area contributed by atoms with Crippen LogP contribution in [0.4, 0.5) is 4.79 Å². The molecule has 0 saturated heterocycles. The van der Waals surface area contributed by atoms with Gasteiger partial charge in [0.05, 0.1) is 0 Å². The highest BCUT2D eigenvalue weighted by molar-refractivity contribution is 5.73. The predicted molar refractivity (Wildman–Crippen MR) is 50.4 cm³/mol. The van der Waals surface area contributed by atoms with Crippen molar-refractivity contribution < 1.29 is 19.8 Å². The molecule has 0 fully saturated rings. The second-order valence-electron chi connectivity index (χ2n) is 2.91. The van der Waals surface area contributed by atoms with Gasteiger partial charge in [-0.2, -0.15) is 0 Å². The summed E-state index contributed by atoms with van der Waals surface area (Å²) in [5.74, 6) is -0.876. The molecule has 82 valence electrons. The van der Waals surface area contributed by atoms with Crippen molar-refractivity contribution >= 4 is 12.1 Å². The molecule has 0 aliphatic rings. The van der Waals surface area contributed by atoms with Crippen molar-refractivity contribution in [3.63, 3.8) is 0 Å².